The minimum atomic E-state index is -0.166. The summed E-state index contributed by atoms with van der Waals surface area (Å²) in [6.45, 7) is 5.92. The lowest BCUT2D eigenvalue weighted by Gasteiger charge is -2.15. The van der Waals surface area contributed by atoms with Crippen LogP contribution in [0, 0.1) is 0 Å². The van der Waals surface area contributed by atoms with E-state index in [0.29, 0.717) is 17.0 Å². The summed E-state index contributed by atoms with van der Waals surface area (Å²) in [4.78, 5) is 16.8. The van der Waals surface area contributed by atoms with E-state index in [1.807, 2.05) is 38.1 Å². The van der Waals surface area contributed by atoms with Crippen LogP contribution in [0.5, 0.6) is 0 Å². The van der Waals surface area contributed by atoms with Crippen molar-refractivity contribution in [2.24, 2.45) is 0 Å². The van der Waals surface area contributed by atoms with Crippen LogP contribution in [0.3, 0.4) is 0 Å². The lowest BCUT2D eigenvalue weighted by atomic mass is 10.1. The van der Waals surface area contributed by atoms with Crippen molar-refractivity contribution >= 4 is 17.4 Å². The molecule has 2 aromatic heterocycles. The van der Waals surface area contributed by atoms with Gasteiger partial charge in [-0.25, -0.2) is 9.50 Å². The number of aromatic nitrogens is 3. The van der Waals surface area contributed by atoms with Gasteiger partial charge in [-0.2, -0.15) is 5.10 Å². The molecule has 3 aromatic rings. The normalized spacial score (nSPS) is 12.3. The summed E-state index contributed by atoms with van der Waals surface area (Å²) in [6, 6.07) is 12.2. The number of carbonyl (C=O) groups excluding carboxylic acids is 1. The average Bonchev–Trinajstić information content (AvgIpc) is 2.98. The molecule has 0 bridgehead atoms. The Morgan fingerprint density at radius 1 is 1.12 bits per heavy atom. The van der Waals surface area contributed by atoms with Crippen LogP contribution in [0.2, 0.25) is 0 Å². The van der Waals surface area contributed by atoms with Crippen LogP contribution < -0.4 is 10.6 Å². The highest BCUT2D eigenvalue weighted by molar-refractivity contribution is 5.99. The van der Waals surface area contributed by atoms with Crippen molar-refractivity contribution in [3.05, 3.63) is 59.9 Å². The summed E-state index contributed by atoms with van der Waals surface area (Å²) in [7, 11) is 0. The van der Waals surface area contributed by atoms with Crippen molar-refractivity contribution in [1.29, 1.82) is 0 Å². The van der Waals surface area contributed by atoms with E-state index < -0.39 is 0 Å². The van der Waals surface area contributed by atoms with Crippen LogP contribution in [-0.2, 0) is 0 Å². The summed E-state index contributed by atoms with van der Waals surface area (Å²) in [5.74, 6) is 0.540. The predicted octanol–water partition coefficient (Wildman–Crippen LogP) is 3.04. The summed E-state index contributed by atoms with van der Waals surface area (Å²) in [5, 5.41) is 10.4. The molecule has 1 amide bonds. The first-order valence-corrected chi connectivity index (χ1v) is 8.01. The molecule has 6 heteroatoms. The van der Waals surface area contributed by atoms with Crippen LogP contribution in [0.25, 0.3) is 5.65 Å². The highest BCUT2D eigenvalue weighted by Gasteiger charge is 2.15. The maximum atomic E-state index is 12.3. The van der Waals surface area contributed by atoms with Crippen molar-refractivity contribution in [3.63, 3.8) is 0 Å². The van der Waals surface area contributed by atoms with Gasteiger partial charge in [0.25, 0.3) is 5.91 Å². The smallest absolute Gasteiger partial charge is 0.256 e. The minimum Gasteiger partial charge on any atom is -0.363 e. The third kappa shape index (κ3) is 3.37. The standard InChI is InChI=1S/C18H21N5O/c1-12(2)20-18(24)15-11-19-23-10-9-16(22-17(15)23)21-13(3)14-7-5-4-6-8-14/h4-13H,1-3H3,(H,20,24)(H,21,22)/t13-/m1/s1. The molecule has 0 saturated carbocycles. The Morgan fingerprint density at radius 3 is 2.58 bits per heavy atom. The molecule has 3 rings (SSSR count). The van der Waals surface area contributed by atoms with E-state index in [9.17, 15) is 4.79 Å². The molecule has 0 spiro atoms. The Kier molecular flexibility index (Phi) is 4.46. The van der Waals surface area contributed by atoms with Crippen LogP contribution in [0.1, 0.15) is 42.7 Å². The average molecular weight is 323 g/mol. The van der Waals surface area contributed by atoms with Gasteiger partial charge in [0.15, 0.2) is 5.65 Å². The van der Waals surface area contributed by atoms with Crippen LogP contribution in [0.4, 0.5) is 5.82 Å². The van der Waals surface area contributed by atoms with Gasteiger partial charge in [-0.1, -0.05) is 30.3 Å². The van der Waals surface area contributed by atoms with Gasteiger partial charge in [0.05, 0.1) is 6.20 Å². The molecule has 24 heavy (non-hydrogen) atoms. The summed E-state index contributed by atoms with van der Waals surface area (Å²) in [6.07, 6.45) is 3.35. The second kappa shape index (κ2) is 6.70. The van der Waals surface area contributed by atoms with E-state index >= 15 is 0 Å². The Hall–Kier alpha value is -2.89. The van der Waals surface area contributed by atoms with E-state index in [2.05, 4.69) is 39.8 Å². The molecule has 2 heterocycles. The van der Waals surface area contributed by atoms with Gasteiger partial charge in [0.1, 0.15) is 11.4 Å². The highest BCUT2D eigenvalue weighted by atomic mass is 16.1. The van der Waals surface area contributed by atoms with Gasteiger partial charge in [0.2, 0.25) is 0 Å². The molecule has 1 atom stereocenters. The molecule has 0 aliphatic carbocycles. The minimum absolute atomic E-state index is 0.0619. The number of hydrogen-bond donors (Lipinski definition) is 2. The predicted molar refractivity (Wildman–Crippen MR) is 94.1 cm³/mol. The van der Waals surface area contributed by atoms with E-state index in [-0.39, 0.29) is 18.0 Å². The lowest BCUT2D eigenvalue weighted by Crippen LogP contribution is -2.30. The maximum absolute atomic E-state index is 12.3. The number of carbonyl (C=O) groups is 1. The fourth-order valence-corrected chi connectivity index (χ4v) is 2.50. The molecule has 6 nitrogen and oxygen atoms in total. The summed E-state index contributed by atoms with van der Waals surface area (Å²) < 4.78 is 1.60. The molecule has 1 aromatic carbocycles. The Bertz CT molecular complexity index is 841. The van der Waals surface area contributed by atoms with E-state index in [4.69, 9.17) is 0 Å². The molecule has 2 N–H and O–H groups in total. The fraction of sp³-hybridized carbons (Fsp3) is 0.278. The molecule has 0 saturated heterocycles. The Balaban J connectivity index is 1.86. The number of benzene rings is 1. The van der Waals surface area contributed by atoms with E-state index in [1.165, 1.54) is 5.56 Å². The quantitative estimate of drug-likeness (QED) is 0.757. The molecule has 124 valence electrons. The monoisotopic (exact) mass is 323 g/mol. The topological polar surface area (TPSA) is 71.3 Å². The van der Waals surface area contributed by atoms with Crippen LogP contribution >= 0.6 is 0 Å². The van der Waals surface area contributed by atoms with Crippen molar-refractivity contribution < 1.29 is 4.79 Å². The first-order valence-electron chi connectivity index (χ1n) is 8.01. The number of nitrogens with one attached hydrogen (secondary N) is 2. The summed E-state index contributed by atoms with van der Waals surface area (Å²) >= 11 is 0. The number of amides is 1. The SMILES string of the molecule is CC(C)NC(=O)c1cnn2ccc(N[C@H](C)c3ccccc3)nc12. The number of rotatable bonds is 5. The Morgan fingerprint density at radius 2 is 1.88 bits per heavy atom. The van der Waals surface area contributed by atoms with Gasteiger partial charge in [0, 0.05) is 18.3 Å². The second-order valence-corrected chi connectivity index (χ2v) is 6.04. The van der Waals surface area contributed by atoms with Crippen molar-refractivity contribution in [1.82, 2.24) is 19.9 Å². The first kappa shape index (κ1) is 16.0. The molecular weight excluding hydrogens is 302 g/mol. The fourth-order valence-electron chi connectivity index (χ4n) is 2.50. The van der Waals surface area contributed by atoms with E-state index in [1.54, 1.807) is 16.9 Å². The number of hydrogen-bond acceptors (Lipinski definition) is 4. The molecule has 0 aliphatic rings. The molecular formula is C18H21N5O. The highest BCUT2D eigenvalue weighted by Crippen LogP contribution is 2.19. The zero-order chi connectivity index (χ0) is 17.1. The molecule has 0 radical (unpaired) electrons. The largest absolute Gasteiger partial charge is 0.363 e. The molecule has 0 unspecified atom stereocenters. The van der Waals surface area contributed by atoms with Gasteiger partial charge < -0.3 is 10.6 Å². The van der Waals surface area contributed by atoms with Crippen molar-refractivity contribution in [2.75, 3.05) is 5.32 Å². The zero-order valence-electron chi connectivity index (χ0n) is 14.0. The second-order valence-electron chi connectivity index (χ2n) is 6.04. The summed E-state index contributed by atoms with van der Waals surface area (Å²) in [5.41, 5.74) is 2.18. The van der Waals surface area contributed by atoms with Crippen LogP contribution in [0.15, 0.2) is 48.8 Å². The van der Waals surface area contributed by atoms with E-state index in [0.717, 1.165) is 0 Å². The van der Waals surface area contributed by atoms with Crippen molar-refractivity contribution in [2.45, 2.75) is 32.9 Å². The molecule has 0 fully saturated rings. The third-order valence-corrected chi connectivity index (χ3v) is 3.70. The number of anilines is 1. The van der Waals surface area contributed by atoms with Gasteiger partial charge in [-0.05, 0) is 32.4 Å². The first-order chi connectivity index (χ1) is 11.5. The van der Waals surface area contributed by atoms with Gasteiger partial charge in [-0.3, -0.25) is 4.79 Å². The van der Waals surface area contributed by atoms with Gasteiger partial charge >= 0.3 is 0 Å². The van der Waals surface area contributed by atoms with Gasteiger partial charge in [-0.15, -0.1) is 0 Å². The third-order valence-electron chi connectivity index (χ3n) is 3.70. The molecule has 0 aliphatic heterocycles. The zero-order valence-corrected chi connectivity index (χ0v) is 14.0. The Labute approximate surface area is 140 Å². The lowest BCUT2D eigenvalue weighted by molar-refractivity contribution is 0.0944. The maximum Gasteiger partial charge on any atom is 0.256 e. The van der Waals surface area contributed by atoms with Crippen molar-refractivity contribution in [3.8, 4) is 0 Å². The number of nitrogens with zero attached hydrogens (tertiary/aromatic N) is 3. The number of fused-ring (bicyclic) bond motifs is 1. The van der Waals surface area contributed by atoms with Crippen LogP contribution in [-0.4, -0.2) is 26.5 Å².